The lowest BCUT2D eigenvalue weighted by molar-refractivity contribution is 0.174. The highest BCUT2D eigenvalue weighted by Crippen LogP contribution is 2.07. The van der Waals surface area contributed by atoms with Gasteiger partial charge in [-0.3, -0.25) is 4.98 Å². The van der Waals surface area contributed by atoms with Gasteiger partial charge in [-0.15, -0.1) is 0 Å². The first-order valence-corrected chi connectivity index (χ1v) is 3.96. The van der Waals surface area contributed by atoms with E-state index in [4.69, 9.17) is 9.84 Å². The Kier molecular flexibility index (Phi) is 3.54. The van der Waals surface area contributed by atoms with E-state index in [0.29, 0.717) is 6.61 Å². The van der Waals surface area contributed by atoms with Crippen LogP contribution in [-0.2, 0) is 0 Å². The predicted molar refractivity (Wildman–Crippen MR) is 46.0 cm³/mol. The van der Waals surface area contributed by atoms with Gasteiger partial charge in [0.05, 0.1) is 12.8 Å². The molecule has 0 aromatic carbocycles. The molecule has 0 fully saturated rings. The molecule has 3 nitrogen and oxygen atoms in total. The number of nitrogens with zero attached hydrogens (tertiary/aromatic N) is 1. The lowest BCUT2D eigenvalue weighted by Gasteiger charge is -2.09. The van der Waals surface area contributed by atoms with E-state index >= 15 is 0 Å². The molecule has 0 spiro atoms. The third kappa shape index (κ3) is 2.88. The van der Waals surface area contributed by atoms with Crippen molar-refractivity contribution >= 4 is 0 Å². The molecule has 0 radical (unpaired) electrons. The highest BCUT2D eigenvalue weighted by Gasteiger charge is 2.00. The highest BCUT2D eigenvalue weighted by molar-refractivity contribution is 5.15. The molecule has 1 atom stereocenters. The average molecular weight is 167 g/mol. The maximum absolute atomic E-state index is 8.72. The number of rotatable bonds is 4. The van der Waals surface area contributed by atoms with Crippen molar-refractivity contribution in [1.29, 1.82) is 0 Å². The molecule has 0 aliphatic heterocycles. The zero-order valence-corrected chi connectivity index (χ0v) is 7.10. The third-order valence-electron chi connectivity index (χ3n) is 1.48. The fraction of sp³-hybridized carbons (Fsp3) is 0.444. The summed E-state index contributed by atoms with van der Waals surface area (Å²) in [5, 5.41) is 8.72. The summed E-state index contributed by atoms with van der Waals surface area (Å²) < 4.78 is 5.34. The van der Waals surface area contributed by atoms with Gasteiger partial charge in [0, 0.05) is 18.7 Å². The maximum Gasteiger partial charge on any atom is 0.137 e. The largest absolute Gasteiger partial charge is 0.492 e. The van der Waals surface area contributed by atoms with Gasteiger partial charge in [-0.1, -0.05) is 6.92 Å². The van der Waals surface area contributed by atoms with E-state index in [9.17, 15) is 0 Å². The first-order valence-electron chi connectivity index (χ1n) is 3.96. The maximum atomic E-state index is 8.72. The van der Waals surface area contributed by atoms with Crippen LogP contribution in [0.2, 0.25) is 0 Å². The molecule has 1 aromatic heterocycles. The molecule has 1 unspecified atom stereocenters. The van der Waals surface area contributed by atoms with Gasteiger partial charge in [-0.05, 0) is 12.1 Å². The van der Waals surface area contributed by atoms with E-state index < -0.39 is 0 Å². The molecule has 0 amide bonds. The molecule has 1 aromatic rings. The minimum Gasteiger partial charge on any atom is -0.492 e. The zero-order valence-electron chi connectivity index (χ0n) is 7.10. The molecule has 66 valence electrons. The summed E-state index contributed by atoms with van der Waals surface area (Å²) in [5.74, 6) is 0.919. The number of hydrogen-bond acceptors (Lipinski definition) is 3. The Balaban J connectivity index is 2.33. The first-order chi connectivity index (χ1) is 5.83. The highest BCUT2D eigenvalue weighted by atomic mass is 16.5. The summed E-state index contributed by atoms with van der Waals surface area (Å²) in [5.41, 5.74) is 0. The third-order valence-corrected chi connectivity index (χ3v) is 1.48. The lowest BCUT2D eigenvalue weighted by Crippen LogP contribution is -2.12. The van der Waals surface area contributed by atoms with Crippen molar-refractivity contribution in [3.8, 4) is 5.75 Å². The van der Waals surface area contributed by atoms with Crippen LogP contribution in [0.15, 0.2) is 24.5 Å². The van der Waals surface area contributed by atoms with Crippen LogP contribution in [0.25, 0.3) is 0 Å². The normalized spacial score (nSPS) is 12.5. The van der Waals surface area contributed by atoms with E-state index in [1.165, 1.54) is 0 Å². The Hall–Kier alpha value is -1.09. The molecule has 0 aliphatic carbocycles. The number of aromatic nitrogens is 1. The molecule has 1 rings (SSSR count). The smallest absolute Gasteiger partial charge is 0.137 e. The summed E-state index contributed by atoms with van der Waals surface area (Å²) in [6.45, 7) is 2.61. The van der Waals surface area contributed by atoms with E-state index in [0.717, 1.165) is 5.75 Å². The second-order valence-electron chi connectivity index (χ2n) is 2.79. The quantitative estimate of drug-likeness (QED) is 0.729. The van der Waals surface area contributed by atoms with Crippen molar-refractivity contribution in [2.75, 3.05) is 13.2 Å². The zero-order chi connectivity index (χ0) is 8.81. The van der Waals surface area contributed by atoms with E-state index in [-0.39, 0.29) is 12.5 Å². The number of pyridine rings is 1. The van der Waals surface area contributed by atoms with E-state index in [1.807, 2.05) is 19.1 Å². The number of hydrogen-bond donors (Lipinski definition) is 1. The summed E-state index contributed by atoms with van der Waals surface area (Å²) in [6, 6.07) is 3.66. The monoisotopic (exact) mass is 167 g/mol. The van der Waals surface area contributed by atoms with Crippen LogP contribution >= 0.6 is 0 Å². The second kappa shape index (κ2) is 4.72. The van der Waals surface area contributed by atoms with Crippen molar-refractivity contribution in [3.05, 3.63) is 24.5 Å². The van der Waals surface area contributed by atoms with Gasteiger partial charge >= 0.3 is 0 Å². The number of aliphatic hydroxyl groups is 1. The molecular formula is C9H13NO2. The van der Waals surface area contributed by atoms with E-state index in [1.54, 1.807) is 12.4 Å². The molecular weight excluding hydrogens is 154 g/mol. The first kappa shape index (κ1) is 9.00. The summed E-state index contributed by atoms with van der Waals surface area (Å²) >= 11 is 0. The number of aliphatic hydroxyl groups excluding tert-OH is 1. The summed E-state index contributed by atoms with van der Waals surface area (Å²) in [7, 11) is 0. The Bertz CT molecular complexity index is 213. The Labute approximate surface area is 72.0 Å². The van der Waals surface area contributed by atoms with Crippen LogP contribution in [0.5, 0.6) is 5.75 Å². The summed E-state index contributed by atoms with van der Waals surface area (Å²) in [6.07, 6.45) is 3.35. The van der Waals surface area contributed by atoms with Gasteiger partial charge in [0.15, 0.2) is 0 Å². The molecule has 3 heteroatoms. The van der Waals surface area contributed by atoms with Crippen molar-refractivity contribution < 1.29 is 9.84 Å². The van der Waals surface area contributed by atoms with Crippen molar-refractivity contribution in [2.24, 2.45) is 5.92 Å². The molecule has 1 heterocycles. The second-order valence-corrected chi connectivity index (χ2v) is 2.79. The molecule has 0 saturated carbocycles. The van der Waals surface area contributed by atoms with Crippen LogP contribution in [-0.4, -0.2) is 23.3 Å². The molecule has 12 heavy (non-hydrogen) atoms. The molecule has 0 aliphatic rings. The fourth-order valence-corrected chi connectivity index (χ4v) is 0.724. The van der Waals surface area contributed by atoms with E-state index in [2.05, 4.69) is 4.98 Å². The van der Waals surface area contributed by atoms with Crippen molar-refractivity contribution in [3.63, 3.8) is 0 Å². The Morgan fingerprint density at radius 1 is 1.67 bits per heavy atom. The standard InChI is InChI=1S/C9H13NO2/c1-8(6-11)7-12-9-3-2-4-10-5-9/h2-5,8,11H,6-7H2,1H3. The van der Waals surface area contributed by atoms with Gasteiger partial charge in [0.1, 0.15) is 5.75 Å². The van der Waals surface area contributed by atoms with Gasteiger partial charge in [0.25, 0.3) is 0 Å². The van der Waals surface area contributed by atoms with Gasteiger partial charge in [-0.25, -0.2) is 0 Å². The SMILES string of the molecule is CC(CO)COc1cccnc1. The van der Waals surface area contributed by atoms with Crippen LogP contribution in [0.4, 0.5) is 0 Å². The molecule has 0 saturated heterocycles. The van der Waals surface area contributed by atoms with Crippen LogP contribution in [0.3, 0.4) is 0 Å². The molecule has 0 bridgehead atoms. The van der Waals surface area contributed by atoms with Crippen LogP contribution in [0, 0.1) is 5.92 Å². The average Bonchev–Trinajstić information content (AvgIpc) is 2.16. The Morgan fingerprint density at radius 3 is 3.08 bits per heavy atom. The predicted octanol–water partition coefficient (Wildman–Crippen LogP) is 1.09. The van der Waals surface area contributed by atoms with Crippen molar-refractivity contribution in [1.82, 2.24) is 4.98 Å². The van der Waals surface area contributed by atoms with Gasteiger partial charge in [-0.2, -0.15) is 0 Å². The van der Waals surface area contributed by atoms with Gasteiger partial charge in [0.2, 0.25) is 0 Å². The van der Waals surface area contributed by atoms with Gasteiger partial charge < -0.3 is 9.84 Å². The Morgan fingerprint density at radius 2 is 2.50 bits per heavy atom. The number of ether oxygens (including phenoxy) is 1. The minimum atomic E-state index is 0.153. The fourth-order valence-electron chi connectivity index (χ4n) is 0.724. The topological polar surface area (TPSA) is 42.4 Å². The van der Waals surface area contributed by atoms with Crippen LogP contribution < -0.4 is 4.74 Å². The summed E-state index contributed by atoms with van der Waals surface area (Å²) in [4.78, 5) is 3.90. The van der Waals surface area contributed by atoms with Crippen molar-refractivity contribution in [2.45, 2.75) is 6.92 Å². The molecule has 1 N–H and O–H groups in total. The minimum absolute atomic E-state index is 0.153. The van der Waals surface area contributed by atoms with Crippen LogP contribution in [0.1, 0.15) is 6.92 Å². The lowest BCUT2D eigenvalue weighted by atomic mass is 10.2.